The van der Waals surface area contributed by atoms with Gasteiger partial charge in [0.25, 0.3) is 0 Å². The van der Waals surface area contributed by atoms with Crippen LogP contribution < -0.4 is 10.1 Å². The number of nitrogens with zero attached hydrogens (tertiary/aromatic N) is 1. The zero-order chi connectivity index (χ0) is 13.0. The summed E-state index contributed by atoms with van der Waals surface area (Å²) in [5, 5.41) is 3.22. The Morgan fingerprint density at radius 2 is 1.95 bits per heavy atom. The summed E-state index contributed by atoms with van der Waals surface area (Å²) in [5.41, 5.74) is -0.912. The van der Waals surface area contributed by atoms with Gasteiger partial charge in [-0.3, -0.25) is 0 Å². The van der Waals surface area contributed by atoms with E-state index in [1.807, 2.05) is 0 Å². The van der Waals surface area contributed by atoms with Crippen molar-refractivity contribution >= 4 is 12.4 Å². The number of halogens is 4. The molecular weight excluding hydrogens is 281 g/mol. The summed E-state index contributed by atoms with van der Waals surface area (Å²) in [5.74, 6) is 0.436. The molecule has 1 aromatic heterocycles. The fraction of sp³-hybridized carbons (Fsp3) is 0.583. The van der Waals surface area contributed by atoms with E-state index in [0.29, 0.717) is 12.5 Å². The molecule has 0 bridgehead atoms. The van der Waals surface area contributed by atoms with E-state index < -0.39 is 11.9 Å². The lowest BCUT2D eigenvalue weighted by molar-refractivity contribution is -0.141. The van der Waals surface area contributed by atoms with Gasteiger partial charge in [0.15, 0.2) is 0 Å². The molecule has 108 valence electrons. The van der Waals surface area contributed by atoms with Crippen molar-refractivity contribution in [1.29, 1.82) is 0 Å². The molecule has 2 rings (SSSR count). The van der Waals surface area contributed by atoms with E-state index >= 15 is 0 Å². The summed E-state index contributed by atoms with van der Waals surface area (Å²) < 4.78 is 42.7. The van der Waals surface area contributed by atoms with E-state index in [1.54, 1.807) is 0 Å². The molecule has 3 nitrogen and oxygen atoms in total. The molecule has 0 atom stereocenters. The zero-order valence-corrected chi connectivity index (χ0v) is 11.1. The van der Waals surface area contributed by atoms with Crippen molar-refractivity contribution in [3.8, 4) is 5.88 Å². The van der Waals surface area contributed by atoms with Gasteiger partial charge < -0.3 is 10.1 Å². The largest absolute Gasteiger partial charge is 0.477 e. The third-order valence-electron chi connectivity index (χ3n) is 2.94. The standard InChI is InChI=1S/C12H15F3N2O.ClH/c13-12(14,15)10-2-1-3-11(17-10)18-8-9-4-6-16-7-5-9;/h1-3,9,16H,4-8H2;1H. The van der Waals surface area contributed by atoms with Gasteiger partial charge in [-0.05, 0) is 37.9 Å². The third-order valence-corrected chi connectivity index (χ3v) is 2.94. The highest BCUT2D eigenvalue weighted by Crippen LogP contribution is 2.28. The van der Waals surface area contributed by atoms with E-state index in [0.717, 1.165) is 32.0 Å². The minimum atomic E-state index is -4.42. The highest BCUT2D eigenvalue weighted by molar-refractivity contribution is 5.85. The second kappa shape index (κ2) is 6.96. The van der Waals surface area contributed by atoms with Crippen molar-refractivity contribution in [3.05, 3.63) is 23.9 Å². The lowest BCUT2D eigenvalue weighted by Gasteiger charge is -2.22. The van der Waals surface area contributed by atoms with Crippen LogP contribution in [0.2, 0.25) is 0 Å². The van der Waals surface area contributed by atoms with E-state index in [4.69, 9.17) is 4.74 Å². The van der Waals surface area contributed by atoms with Crippen molar-refractivity contribution in [2.75, 3.05) is 19.7 Å². The predicted octanol–water partition coefficient (Wildman–Crippen LogP) is 2.90. The zero-order valence-electron chi connectivity index (χ0n) is 10.2. The van der Waals surface area contributed by atoms with Gasteiger partial charge >= 0.3 is 6.18 Å². The lowest BCUT2D eigenvalue weighted by Crippen LogP contribution is -2.30. The number of hydrogen-bond acceptors (Lipinski definition) is 3. The van der Waals surface area contributed by atoms with Crippen LogP contribution in [0.4, 0.5) is 13.2 Å². The molecule has 0 aromatic carbocycles. The first-order chi connectivity index (χ1) is 8.55. The van der Waals surface area contributed by atoms with Crippen molar-refractivity contribution < 1.29 is 17.9 Å². The molecule has 0 saturated carbocycles. The second-order valence-corrected chi connectivity index (χ2v) is 4.36. The molecule has 1 aliphatic rings. The number of aromatic nitrogens is 1. The molecule has 1 aromatic rings. The Kier molecular flexibility index (Phi) is 5.87. The van der Waals surface area contributed by atoms with Crippen LogP contribution in [0.1, 0.15) is 18.5 Å². The van der Waals surface area contributed by atoms with Crippen LogP contribution in [0.3, 0.4) is 0 Å². The maximum atomic E-state index is 12.4. The average Bonchev–Trinajstić information content (AvgIpc) is 2.37. The van der Waals surface area contributed by atoms with Gasteiger partial charge in [-0.2, -0.15) is 13.2 Å². The highest BCUT2D eigenvalue weighted by Gasteiger charge is 2.32. The molecule has 0 aliphatic carbocycles. The number of alkyl halides is 3. The fourth-order valence-corrected chi connectivity index (χ4v) is 1.90. The quantitative estimate of drug-likeness (QED) is 0.931. The van der Waals surface area contributed by atoms with Crippen LogP contribution in [0.15, 0.2) is 18.2 Å². The molecule has 0 radical (unpaired) electrons. The molecule has 1 fully saturated rings. The molecule has 2 heterocycles. The molecule has 0 spiro atoms. The summed E-state index contributed by atoms with van der Waals surface area (Å²) in [7, 11) is 0. The highest BCUT2D eigenvalue weighted by atomic mass is 35.5. The van der Waals surface area contributed by atoms with Crippen LogP contribution >= 0.6 is 12.4 Å². The fourth-order valence-electron chi connectivity index (χ4n) is 1.90. The van der Waals surface area contributed by atoms with E-state index in [-0.39, 0.29) is 18.3 Å². The third kappa shape index (κ3) is 4.87. The Bertz CT molecular complexity index is 395. The van der Waals surface area contributed by atoms with Crippen molar-refractivity contribution in [2.24, 2.45) is 5.92 Å². The maximum Gasteiger partial charge on any atom is 0.433 e. The molecule has 0 amide bonds. The molecule has 1 aliphatic heterocycles. The normalized spacial score (nSPS) is 16.8. The van der Waals surface area contributed by atoms with Crippen LogP contribution in [0.5, 0.6) is 5.88 Å². The monoisotopic (exact) mass is 296 g/mol. The van der Waals surface area contributed by atoms with Crippen LogP contribution in [0, 0.1) is 5.92 Å². The molecule has 1 saturated heterocycles. The Morgan fingerprint density at radius 1 is 1.26 bits per heavy atom. The number of piperidine rings is 1. The molecule has 1 N–H and O–H groups in total. The van der Waals surface area contributed by atoms with Gasteiger partial charge in [0, 0.05) is 6.07 Å². The minimum Gasteiger partial charge on any atom is -0.477 e. The van der Waals surface area contributed by atoms with Gasteiger partial charge in [0.2, 0.25) is 5.88 Å². The number of ether oxygens (including phenoxy) is 1. The smallest absolute Gasteiger partial charge is 0.433 e. The molecule has 19 heavy (non-hydrogen) atoms. The average molecular weight is 297 g/mol. The van der Waals surface area contributed by atoms with Crippen molar-refractivity contribution in [1.82, 2.24) is 10.3 Å². The number of nitrogens with one attached hydrogen (secondary N) is 1. The van der Waals surface area contributed by atoms with E-state index in [2.05, 4.69) is 10.3 Å². The summed E-state index contributed by atoms with van der Waals surface area (Å²) >= 11 is 0. The molecule has 0 unspecified atom stereocenters. The summed E-state index contributed by atoms with van der Waals surface area (Å²) in [4.78, 5) is 3.47. The predicted molar refractivity (Wildman–Crippen MR) is 67.6 cm³/mol. The maximum absolute atomic E-state index is 12.4. The van der Waals surface area contributed by atoms with Crippen LogP contribution in [-0.2, 0) is 6.18 Å². The van der Waals surface area contributed by atoms with Gasteiger partial charge in [0.1, 0.15) is 5.69 Å². The van der Waals surface area contributed by atoms with Crippen molar-refractivity contribution in [2.45, 2.75) is 19.0 Å². The first kappa shape index (κ1) is 16.0. The second-order valence-electron chi connectivity index (χ2n) is 4.36. The minimum absolute atomic E-state index is 0. The molecule has 7 heteroatoms. The van der Waals surface area contributed by atoms with Crippen LogP contribution in [-0.4, -0.2) is 24.7 Å². The Labute approximate surface area is 116 Å². The topological polar surface area (TPSA) is 34.1 Å². The van der Waals surface area contributed by atoms with Crippen molar-refractivity contribution in [3.63, 3.8) is 0 Å². The van der Waals surface area contributed by atoms with E-state index in [1.165, 1.54) is 12.1 Å². The summed E-state index contributed by atoms with van der Waals surface area (Å²) in [6, 6.07) is 3.71. The Hall–Kier alpha value is -1.01. The Balaban J connectivity index is 0.00000180. The first-order valence-corrected chi connectivity index (χ1v) is 5.93. The van der Waals surface area contributed by atoms with E-state index in [9.17, 15) is 13.2 Å². The van der Waals surface area contributed by atoms with Gasteiger partial charge in [-0.15, -0.1) is 12.4 Å². The van der Waals surface area contributed by atoms with Gasteiger partial charge in [-0.1, -0.05) is 6.07 Å². The SMILES string of the molecule is Cl.FC(F)(F)c1cccc(OCC2CCNCC2)n1. The summed E-state index contributed by atoms with van der Waals surface area (Å²) in [6.45, 7) is 2.30. The lowest BCUT2D eigenvalue weighted by atomic mass is 9.99. The number of hydrogen-bond donors (Lipinski definition) is 1. The first-order valence-electron chi connectivity index (χ1n) is 5.93. The van der Waals surface area contributed by atoms with Crippen LogP contribution in [0.25, 0.3) is 0 Å². The molecular formula is C12H16ClF3N2O. The number of pyridine rings is 1. The summed E-state index contributed by atoms with van der Waals surface area (Å²) in [6.07, 6.45) is -2.45. The van der Waals surface area contributed by atoms with Gasteiger partial charge in [-0.25, -0.2) is 4.98 Å². The van der Waals surface area contributed by atoms with Gasteiger partial charge in [0.05, 0.1) is 6.61 Å². The Morgan fingerprint density at radius 3 is 2.58 bits per heavy atom. The number of rotatable bonds is 3.